The second kappa shape index (κ2) is 6.03. The topological polar surface area (TPSA) is 58.6 Å². The van der Waals surface area contributed by atoms with Crippen LogP contribution in [0.15, 0.2) is 24.3 Å². The van der Waals surface area contributed by atoms with Gasteiger partial charge in [0.15, 0.2) is 6.61 Å². The van der Waals surface area contributed by atoms with Crippen LogP contribution in [0.5, 0.6) is 5.75 Å². The van der Waals surface area contributed by atoms with Crippen molar-refractivity contribution < 1.29 is 23.1 Å². The van der Waals surface area contributed by atoms with Crippen molar-refractivity contribution in [2.24, 2.45) is 5.41 Å². The summed E-state index contributed by atoms with van der Waals surface area (Å²) in [5, 5.41) is 2.60. The van der Waals surface area contributed by atoms with Gasteiger partial charge in [0, 0.05) is 19.5 Å². The lowest BCUT2D eigenvalue weighted by Crippen LogP contribution is -2.57. The Labute approximate surface area is 139 Å². The van der Waals surface area contributed by atoms with Gasteiger partial charge >= 0.3 is 0 Å². The molecule has 0 unspecified atom stereocenters. The molecule has 0 radical (unpaired) electrons. The van der Waals surface area contributed by atoms with Crippen molar-refractivity contribution >= 4 is 11.8 Å². The number of amides is 2. The number of rotatable bonds is 3. The summed E-state index contributed by atoms with van der Waals surface area (Å²) in [5.41, 5.74) is -0.319. The highest BCUT2D eigenvalue weighted by atomic mass is 19.3. The molecule has 2 amide bonds. The molecule has 2 heterocycles. The molecule has 0 aliphatic carbocycles. The van der Waals surface area contributed by atoms with E-state index in [1.165, 1.54) is 0 Å². The molecular weight excluding hydrogens is 318 g/mol. The number of alkyl halides is 2. The maximum Gasteiger partial charge on any atom is 0.266 e. The van der Waals surface area contributed by atoms with Crippen molar-refractivity contribution in [3.05, 3.63) is 29.8 Å². The summed E-state index contributed by atoms with van der Waals surface area (Å²) in [6.07, 6.45) is -0.182. The van der Waals surface area contributed by atoms with Crippen molar-refractivity contribution in [1.82, 2.24) is 10.2 Å². The fraction of sp³-hybridized carbons (Fsp3) is 0.529. The molecule has 7 heteroatoms. The highest BCUT2D eigenvalue weighted by Gasteiger charge is 2.55. The standard InChI is InChI=1S/C17H20F2N2O3/c1-12-4-2-3-5-13(12)24-8-14(22)21-10-16(6-7-20-15(16)23)9-17(18,19)11-21/h2-5H,6-11H2,1H3,(H,20,23)/t16-/m0/s1. The van der Waals surface area contributed by atoms with Gasteiger partial charge in [0.25, 0.3) is 11.8 Å². The van der Waals surface area contributed by atoms with Gasteiger partial charge in [0.1, 0.15) is 5.75 Å². The monoisotopic (exact) mass is 338 g/mol. The molecular formula is C17H20F2N2O3. The fourth-order valence-corrected chi connectivity index (χ4v) is 3.47. The molecule has 0 bridgehead atoms. The summed E-state index contributed by atoms with van der Waals surface area (Å²) < 4.78 is 33.7. The number of para-hydroxylation sites is 1. The Morgan fingerprint density at radius 1 is 1.33 bits per heavy atom. The first kappa shape index (κ1) is 16.7. The Morgan fingerprint density at radius 3 is 2.75 bits per heavy atom. The van der Waals surface area contributed by atoms with Crippen LogP contribution in [0, 0.1) is 12.3 Å². The number of nitrogens with zero attached hydrogens (tertiary/aromatic N) is 1. The fourth-order valence-electron chi connectivity index (χ4n) is 3.47. The van der Waals surface area contributed by atoms with Crippen LogP contribution in [-0.2, 0) is 9.59 Å². The molecule has 1 aromatic carbocycles. The number of nitrogens with one attached hydrogen (secondary N) is 1. The molecule has 2 fully saturated rings. The molecule has 5 nitrogen and oxygen atoms in total. The average Bonchev–Trinajstić information content (AvgIpc) is 2.84. The first-order valence-corrected chi connectivity index (χ1v) is 7.94. The van der Waals surface area contributed by atoms with Crippen LogP contribution in [0.3, 0.4) is 0 Å². The minimum Gasteiger partial charge on any atom is -0.484 e. The van der Waals surface area contributed by atoms with Crippen LogP contribution in [0.25, 0.3) is 0 Å². The molecule has 2 aliphatic heterocycles. The highest BCUT2D eigenvalue weighted by Crippen LogP contribution is 2.43. The number of carbonyl (C=O) groups excluding carboxylic acids is 2. The predicted octanol–water partition coefficient (Wildman–Crippen LogP) is 1.75. The van der Waals surface area contributed by atoms with Crippen LogP contribution in [0.4, 0.5) is 8.78 Å². The lowest BCUT2D eigenvalue weighted by Gasteiger charge is -2.42. The van der Waals surface area contributed by atoms with E-state index in [2.05, 4.69) is 5.32 Å². The smallest absolute Gasteiger partial charge is 0.266 e. The van der Waals surface area contributed by atoms with Crippen LogP contribution in [0.1, 0.15) is 18.4 Å². The molecule has 2 aliphatic rings. The molecule has 3 rings (SSSR count). The summed E-state index contributed by atoms with van der Waals surface area (Å²) in [6, 6.07) is 7.18. The second-order valence-corrected chi connectivity index (χ2v) is 6.62. The molecule has 0 saturated carbocycles. The van der Waals surface area contributed by atoms with E-state index >= 15 is 0 Å². The van der Waals surface area contributed by atoms with Gasteiger partial charge in [-0.1, -0.05) is 18.2 Å². The van der Waals surface area contributed by atoms with E-state index in [9.17, 15) is 18.4 Å². The van der Waals surface area contributed by atoms with E-state index in [1.54, 1.807) is 12.1 Å². The lowest BCUT2D eigenvalue weighted by molar-refractivity contribution is -0.161. The lowest BCUT2D eigenvalue weighted by atomic mass is 9.77. The van der Waals surface area contributed by atoms with Crippen molar-refractivity contribution in [3.63, 3.8) is 0 Å². The van der Waals surface area contributed by atoms with Crippen molar-refractivity contribution in [2.75, 3.05) is 26.2 Å². The molecule has 1 atom stereocenters. The Kier molecular flexibility index (Phi) is 4.19. The zero-order chi connectivity index (χ0) is 17.4. The first-order valence-electron chi connectivity index (χ1n) is 7.94. The minimum absolute atomic E-state index is 0.0182. The zero-order valence-corrected chi connectivity index (χ0v) is 13.5. The van der Waals surface area contributed by atoms with Crippen LogP contribution >= 0.6 is 0 Å². The third kappa shape index (κ3) is 3.20. The normalized spacial score (nSPS) is 25.6. The van der Waals surface area contributed by atoms with Gasteiger partial charge in [-0.3, -0.25) is 9.59 Å². The summed E-state index contributed by atoms with van der Waals surface area (Å²) >= 11 is 0. The van der Waals surface area contributed by atoms with E-state index in [1.807, 2.05) is 19.1 Å². The van der Waals surface area contributed by atoms with Gasteiger partial charge in [-0.15, -0.1) is 0 Å². The molecule has 1 N–H and O–H groups in total. The number of likely N-dealkylation sites (tertiary alicyclic amines) is 1. The average molecular weight is 338 g/mol. The molecule has 2 saturated heterocycles. The van der Waals surface area contributed by atoms with E-state index < -0.39 is 30.2 Å². The summed E-state index contributed by atoms with van der Waals surface area (Å²) in [4.78, 5) is 25.4. The van der Waals surface area contributed by atoms with Crippen LogP contribution in [0.2, 0.25) is 0 Å². The first-order chi connectivity index (χ1) is 11.3. The largest absolute Gasteiger partial charge is 0.484 e. The van der Waals surface area contributed by atoms with Gasteiger partial charge < -0.3 is 15.0 Å². The third-order valence-corrected chi connectivity index (χ3v) is 4.68. The highest BCUT2D eigenvalue weighted by molar-refractivity contribution is 5.86. The number of piperidine rings is 1. The molecule has 1 spiro atoms. The molecule has 0 aromatic heterocycles. The van der Waals surface area contributed by atoms with Crippen molar-refractivity contribution in [1.29, 1.82) is 0 Å². The zero-order valence-electron chi connectivity index (χ0n) is 13.5. The number of aryl methyl sites for hydroxylation is 1. The van der Waals surface area contributed by atoms with E-state index in [-0.39, 0.29) is 19.1 Å². The predicted molar refractivity (Wildman–Crippen MR) is 82.9 cm³/mol. The van der Waals surface area contributed by atoms with Gasteiger partial charge in [-0.05, 0) is 25.0 Å². The number of hydrogen-bond donors (Lipinski definition) is 1. The summed E-state index contributed by atoms with van der Waals surface area (Å²) in [5.74, 6) is -3.45. The maximum absolute atomic E-state index is 14.1. The van der Waals surface area contributed by atoms with Crippen molar-refractivity contribution in [3.8, 4) is 5.75 Å². The van der Waals surface area contributed by atoms with E-state index in [4.69, 9.17) is 4.74 Å². The van der Waals surface area contributed by atoms with Gasteiger partial charge in [-0.25, -0.2) is 8.78 Å². The number of benzene rings is 1. The minimum atomic E-state index is -3.07. The number of hydrogen-bond acceptors (Lipinski definition) is 3. The van der Waals surface area contributed by atoms with E-state index in [0.717, 1.165) is 10.5 Å². The Bertz CT molecular complexity index is 665. The Hall–Kier alpha value is -2.18. The van der Waals surface area contributed by atoms with Gasteiger partial charge in [-0.2, -0.15) is 0 Å². The Balaban J connectivity index is 1.70. The van der Waals surface area contributed by atoms with Crippen LogP contribution in [-0.4, -0.2) is 48.9 Å². The molecule has 130 valence electrons. The summed E-state index contributed by atoms with van der Waals surface area (Å²) in [6.45, 7) is 1.24. The van der Waals surface area contributed by atoms with Crippen LogP contribution < -0.4 is 10.1 Å². The number of ether oxygens (including phenoxy) is 1. The maximum atomic E-state index is 14.1. The third-order valence-electron chi connectivity index (χ3n) is 4.68. The molecule has 24 heavy (non-hydrogen) atoms. The Morgan fingerprint density at radius 2 is 2.08 bits per heavy atom. The second-order valence-electron chi connectivity index (χ2n) is 6.62. The quantitative estimate of drug-likeness (QED) is 0.913. The number of halogens is 2. The van der Waals surface area contributed by atoms with Crippen molar-refractivity contribution in [2.45, 2.75) is 25.7 Å². The van der Waals surface area contributed by atoms with E-state index in [0.29, 0.717) is 18.7 Å². The SMILES string of the molecule is Cc1ccccc1OCC(=O)N1CC(F)(F)C[C@@]2(CCNC2=O)C1. The number of carbonyl (C=O) groups is 2. The molecule has 1 aromatic rings. The van der Waals surface area contributed by atoms with Gasteiger partial charge in [0.05, 0.1) is 12.0 Å². The van der Waals surface area contributed by atoms with Gasteiger partial charge in [0.2, 0.25) is 5.91 Å². The summed E-state index contributed by atoms with van der Waals surface area (Å²) in [7, 11) is 0.